The second-order valence-corrected chi connectivity index (χ2v) is 4.68. The molecule has 3 rings (SSSR count). The highest BCUT2D eigenvalue weighted by atomic mass is 16.6. The SMILES string of the molecule is O=[N+]([O-])c1cc([N+](=O)[O-])cc([N+](=O)[O-])c1.c1ccc2ncccc2c1. The summed E-state index contributed by atoms with van der Waals surface area (Å²) in [7, 11) is 0. The predicted molar refractivity (Wildman–Crippen MR) is 88.1 cm³/mol. The number of nitrogens with zero attached hydrogens (tertiary/aromatic N) is 4. The largest absolute Gasteiger partial charge is 0.283 e. The third-order valence-electron chi connectivity index (χ3n) is 3.03. The highest BCUT2D eigenvalue weighted by Gasteiger charge is 2.21. The zero-order valence-corrected chi connectivity index (χ0v) is 12.5. The van der Waals surface area contributed by atoms with Crippen molar-refractivity contribution in [3.63, 3.8) is 0 Å². The third-order valence-corrected chi connectivity index (χ3v) is 3.03. The second kappa shape index (κ2) is 7.55. The first-order valence-electron chi connectivity index (χ1n) is 6.76. The van der Waals surface area contributed by atoms with Crippen LogP contribution in [0.1, 0.15) is 0 Å². The van der Waals surface area contributed by atoms with E-state index in [9.17, 15) is 30.3 Å². The van der Waals surface area contributed by atoms with Crippen LogP contribution in [0.2, 0.25) is 0 Å². The molecule has 0 unspecified atom stereocenters. The minimum absolute atomic E-state index is 0.660. The van der Waals surface area contributed by atoms with E-state index in [0.717, 1.165) is 5.52 Å². The van der Waals surface area contributed by atoms with Crippen LogP contribution < -0.4 is 0 Å². The molecule has 1 aromatic heterocycles. The van der Waals surface area contributed by atoms with Crippen LogP contribution in [0.15, 0.2) is 60.8 Å². The summed E-state index contributed by atoms with van der Waals surface area (Å²) < 4.78 is 0. The Bertz CT molecular complexity index is 815. The molecule has 25 heavy (non-hydrogen) atoms. The molecule has 0 aliphatic carbocycles. The summed E-state index contributed by atoms with van der Waals surface area (Å²) in [5.41, 5.74) is -0.993. The van der Waals surface area contributed by atoms with Gasteiger partial charge in [0, 0.05) is 11.6 Å². The molecule has 0 N–H and O–H groups in total. The molecule has 3 aromatic rings. The van der Waals surface area contributed by atoms with Crippen molar-refractivity contribution in [3.8, 4) is 0 Å². The Kier molecular flexibility index (Phi) is 5.25. The fourth-order valence-electron chi connectivity index (χ4n) is 1.91. The summed E-state index contributed by atoms with van der Waals surface area (Å²) in [6.07, 6.45) is 1.81. The predicted octanol–water partition coefficient (Wildman–Crippen LogP) is 3.65. The number of rotatable bonds is 3. The van der Waals surface area contributed by atoms with Gasteiger partial charge >= 0.3 is 0 Å². The lowest BCUT2D eigenvalue weighted by Crippen LogP contribution is -1.96. The minimum Gasteiger partial charge on any atom is -0.258 e. The molecule has 1 heterocycles. The van der Waals surface area contributed by atoms with Gasteiger partial charge in [0.05, 0.1) is 38.5 Å². The molecule has 126 valence electrons. The molecule has 10 nitrogen and oxygen atoms in total. The Hall–Kier alpha value is -3.95. The van der Waals surface area contributed by atoms with Crippen molar-refractivity contribution < 1.29 is 14.8 Å². The van der Waals surface area contributed by atoms with E-state index in [2.05, 4.69) is 17.1 Å². The quantitative estimate of drug-likeness (QED) is 0.522. The van der Waals surface area contributed by atoms with Crippen molar-refractivity contribution in [1.29, 1.82) is 0 Å². The summed E-state index contributed by atoms with van der Waals surface area (Å²) >= 11 is 0. The first-order chi connectivity index (χ1) is 11.9. The Morgan fingerprint density at radius 3 is 1.56 bits per heavy atom. The van der Waals surface area contributed by atoms with Crippen molar-refractivity contribution in [1.82, 2.24) is 4.98 Å². The van der Waals surface area contributed by atoms with Gasteiger partial charge in [0.15, 0.2) is 0 Å². The topological polar surface area (TPSA) is 142 Å². The first kappa shape index (κ1) is 17.4. The fraction of sp³-hybridized carbons (Fsp3) is 0. The van der Waals surface area contributed by atoms with Gasteiger partial charge in [-0.15, -0.1) is 0 Å². The molecule has 0 spiro atoms. The van der Waals surface area contributed by atoms with E-state index in [-0.39, 0.29) is 0 Å². The molecule has 0 fully saturated rings. The second-order valence-electron chi connectivity index (χ2n) is 4.68. The standard InChI is InChI=1S/C9H7N.C6H3N3O6/c1-2-6-9-8(4-1)5-3-7-10-9;10-7(11)4-1-5(8(12)13)3-6(2-4)9(14)15/h1-7H;1-3H. The number of nitro benzene ring substituents is 3. The molecule has 0 aliphatic heterocycles. The summed E-state index contributed by atoms with van der Waals surface area (Å²) in [5, 5.41) is 32.1. The third kappa shape index (κ3) is 4.51. The Morgan fingerprint density at radius 2 is 1.12 bits per heavy atom. The maximum absolute atomic E-state index is 10.3. The lowest BCUT2D eigenvalue weighted by Gasteiger charge is -1.93. The van der Waals surface area contributed by atoms with Crippen LogP contribution in [0.3, 0.4) is 0 Å². The number of nitro groups is 3. The van der Waals surface area contributed by atoms with Gasteiger partial charge < -0.3 is 0 Å². The lowest BCUT2D eigenvalue weighted by atomic mass is 10.2. The van der Waals surface area contributed by atoms with Gasteiger partial charge in [-0.25, -0.2) is 0 Å². The van der Waals surface area contributed by atoms with E-state index < -0.39 is 31.8 Å². The highest BCUT2D eigenvalue weighted by Crippen LogP contribution is 2.26. The van der Waals surface area contributed by atoms with Crippen LogP contribution in [-0.2, 0) is 0 Å². The average Bonchev–Trinajstić information content (AvgIpc) is 2.61. The molecular weight excluding hydrogens is 332 g/mol. The van der Waals surface area contributed by atoms with Crippen LogP contribution in [0.5, 0.6) is 0 Å². The molecule has 0 saturated carbocycles. The molecule has 0 aliphatic rings. The minimum atomic E-state index is -0.931. The number of hydrogen-bond acceptors (Lipinski definition) is 7. The average molecular weight is 342 g/mol. The van der Waals surface area contributed by atoms with Gasteiger partial charge in [-0.05, 0) is 12.1 Å². The Morgan fingerprint density at radius 1 is 0.680 bits per heavy atom. The van der Waals surface area contributed by atoms with E-state index >= 15 is 0 Å². The van der Waals surface area contributed by atoms with Gasteiger partial charge in [0.1, 0.15) is 0 Å². The van der Waals surface area contributed by atoms with E-state index in [0.29, 0.717) is 18.2 Å². The molecular formula is C15H10N4O6. The number of aromatic nitrogens is 1. The number of hydrogen-bond donors (Lipinski definition) is 0. The number of non-ortho nitro benzene ring substituents is 3. The van der Waals surface area contributed by atoms with Gasteiger partial charge in [-0.2, -0.15) is 0 Å². The van der Waals surface area contributed by atoms with Gasteiger partial charge in [0.2, 0.25) is 0 Å². The zero-order valence-electron chi connectivity index (χ0n) is 12.5. The summed E-state index contributed by atoms with van der Waals surface area (Å²) in [6, 6.07) is 14.1. The summed E-state index contributed by atoms with van der Waals surface area (Å²) in [6.45, 7) is 0. The van der Waals surface area contributed by atoms with Gasteiger partial charge in [-0.3, -0.25) is 35.3 Å². The van der Waals surface area contributed by atoms with Crippen LogP contribution in [-0.4, -0.2) is 19.8 Å². The van der Waals surface area contributed by atoms with E-state index in [1.165, 1.54) is 5.39 Å². The van der Waals surface area contributed by atoms with Crippen LogP contribution in [0.25, 0.3) is 10.9 Å². The number of para-hydroxylation sites is 1. The lowest BCUT2D eigenvalue weighted by molar-refractivity contribution is -0.403. The summed E-state index contributed by atoms with van der Waals surface area (Å²) in [5.74, 6) is 0. The molecule has 0 saturated heterocycles. The number of fused-ring (bicyclic) bond motifs is 1. The molecule has 0 atom stereocenters. The highest BCUT2D eigenvalue weighted by molar-refractivity contribution is 5.77. The van der Waals surface area contributed by atoms with E-state index in [1.807, 2.05) is 30.5 Å². The van der Waals surface area contributed by atoms with Crippen LogP contribution in [0.4, 0.5) is 17.1 Å². The smallest absolute Gasteiger partial charge is 0.258 e. The fourth-order valence-corrected chi connectivity index (χ4v) is 1.91. The monoisotopic (exact) mass is 342 g/mol. The molecule has 2 aromatic carbocycles. The van der Waals surface area contributed by atoms with Crippen LogP contribution >= 0.6 is 0 Å². The molecule has 0 amide bonds. The number of pyridine rings is 1. The van der Waals surface area contributed by atoms with Crippen molar-refractivity contribution >= 4 is 28.0 Å². The van der Waals surface area contributed by atoms with Gasteiger partial charge in [0.25, 0.3) is 17.1 Å². The molecule has 10 heteroatoms. The van der Waals surface area contributed by atoms with E-state index in [1.54, 1.807) is 0 Å². The summed E-state index contributed by atoms with van der Waals surface area (Å²) in [4.78, 5) is 32.3. The molecule has 0 radical (unpaired) electrons. The van der Waals surface area contributed by atoms with Crippen molar-refractivity contribution in [2.24, 2.45) is 0 Å². The molecule has 0 bridgehead atoms. The zero-order chi connectivity index (χ0) is 18.4. The maximum atomic E-state index is 10.3. The maximum Gasteiger partial charge on any atom is 0.283 e. The first-order valence-corrected chi connectivity index (χ1v) is 6.76. The van der Waals surface area contributed by atoms with Crippen molar-refractivity contribution in [2.75, 3.05) is 0 Å². The Balaban J connectivity index is 0.000000194. The normalized spacial score (nSPS) is 9.76. The Labute approximate surface area is 139 Å². The van der Waals surface area contributed by atoms with Crippen LogP contribution in [0, 0.1) is 30.3 Å². The van der Waals surface area contributed by atoms with Crippen molar-refractivity contribution in [2.45, 2.75) is 0 Å². The van der Waals surface area contributed by atoms with Gasteiger partial charge in [-0.1, -0.05) is 24.3 Å². The van der Waals surface area contributed by atoms with E-state index in [4.69, 9.17) is 0 Å². The van der Waals surface area contributed by atoms with Crippen molar-refractivity contribution in [3.05, 3.63) is 91.1 Å². The number of benzene rings is 2.